The van der Waals surface area contributed by atoms with E-state index in [4.69, 9.17) is 5.73 Å². The number of nitrogens with two attached hydrogens (primary N) is 1. The van der Waals surface area contributed by atoms with Crippen LogP contribution in [0.4, 0.5) is 15.8 Å². The molecule has 3 aromatic carbocycles. The molecule has 0 spiro atoms. The van der Waals surface area contributed by atoms with Gasteiger partial charge in [-0.15, -0.1) is 0 Å². The van der Waals surface area contributed by atoms with Crippen LogP contribution in [-0.4, -0.2) is 28.0 Å². The van der Waals surface area contributed by atoms with Crippen LogP contribution < -0.4 is 16.0 Å². The summed E-state index contributed by atoms with van der Waals surface area (Å²) in [5, 5.41) is 13.8. The first-order chi connectivity index (χ1) is 19.5. The van der Waals surface area contributed by atoms with Gasteiger partial charge in [0.15, 0.2) is 0 Å². The Morgan fingerprint density at radius 1 is 1.05 bits per heavy atom. The minimum atomic E-state index is -1.18. The lowest BCUT2D eigenvalue weighted by atomic mass is 9.87. The molecule has 7 nitrogen and oxygen atoms in total. The number of hydrogen-bond donors (Lipinski definition) is 3. The Morgan fingerprint density at radius 3 is 2.44 bits per heavy atom. The van der Waals surface area contributed by atoms with Gasteiger partial charge in [0.2, 0.25) is 5.91 Å². The highest BCUT2D eigenvalue weighted by Gasteiger charge is 2.38. The second kappa shape index (κ2) is 11.1. The van der Waals surface area contributed by atoms with Gasteiger partial charge in [-0.2, -0.15) is 0 Å². The Kier molecular flexibility index (Phi) is 7.60. The second-order valence-electron chi connectivity index (χ2n) is 11.4. The summed E-state index contributed by atoms with van der Waals surface area (Å²) >= 11 is 0. The van der Waals surface area contributed by atoms with E-state index in [2.05, 4.69) is 31.1 Å². The SMILES string of the molecule is CC(C)(C)c1ccc(N(C(=O)c2ccc(N)c(F)c2)C(C(=O)N[C@@H]2c3ccccc3C[C@@H]2O)c2cccnc2)cc1. The summed E-state index contributed by atoms with van der Waals surface area (Å²) in [7, 11) is 0. The third-order valence-corrected chi connectivity index (χ3v) is 7.49. The summed E-state index contributed by atoms with van der Waals surface area (Å²) in [6, 6.07) is 20.3. The average Bonchev–Trinajstić information content (AvgIpc) is 3.27. The number of halogens is 1. The van der Waals surface area contributed by atoms with Crippen LogP contribution in [0.2, 0.25) is 0 Å². The molecule has 0 aliphatic heterocycles. The van der Waals surface area contributed by atoms with E-state index in [0.29, 0.717) is 17.7 Å². The van der Waals surface area contributed by atoms with Crippen LogP contribution >= 0.6 is 0 Å². The first-order valence-electron chi connectivity index (χ1n) is 13.5. The molecule has 1 heterocycles. The normalized spacial score (nSPS) is 17.0. The number of carbonyl (C=O) groups excluding carboxylic acids is 2. The number of nitrogens with zero attached hydrogens (tertiary/aromatic N) is 2. The summed E-state index contributed by atoms with van der Waals surface area (Å²) in [5.41, 5.74) is 9.20. The highest BCUT2D eigenvalue weighted by Crippen LogP contribution is 2.35. The largest absolute Gasteiger partial charge is 0.396 e. The number of nitrogens with one attached hydrogen (secondary N) is 1. The predicted molar refractivity (Wildman–Crippen MR) is 157 cm³/mol. The maximum Gasteiger partial charge on any atom is 0.259 e. The van der Waals surface area contributed by atoms with Crippen molar-refractivity contribution in [2.24, 2.45) is 0 Å². The summed E-state index contributed by atoms with van der Waals surface area (Å²) in [6.45, 7) is 6.25. The molecule has 1 aromatic heterocycles. The number of carbonyl (C=O) groups is 2. The third-order valence-electron chi connectivity index (χ3n) is 7.49. The smallest absolute Gasteiger partial charge is 0.259 e. The number of hydrogen-bond acceptors (Lipinski definition) is 5. The summed E-state index contributed by atoms with van der Waals surface area (Å²) in [5.74, 6) is -1.83. The molecule has 4 N–H and O–H groups in total. The van der Waals surface area contributed by atoms with E-state index in [1.54, 1.807) is 30.5 Å². The maximum atomic E-state index is 14.5. The number of benzene rings is 3. The molecule has 0 fully saturated rings. The third kappa shape index (κ3) is 5.69. The zero-order valence-corrected chi connectivity index (χ0v) is 23.2. The van der Waals surface area contributed by atoms with Crippen LogP contribution in [0.1, 0.15) is 65.5 Å². The second-order valence-corrected chi connectivity index (χ2v) is 11.4. The van der Waals surface area contributed by atoms with Gasteiger partial charge in [0.1, 0.15) is 11.9 Å². The average molecular weight is 553 g/mol. The Hall–Kier alpha value is -4.56. The maximum absolute atomic E-state index is 14.5. The van der Waals surface area contributed by atoms with E-state index in [0.717, 1.165) is 22.8 Å². The lowest BCUT2D eigenvalue weighted by molar-refractivity contribution is -0.124. The molecule has 3 atom stereocenters. The number of pyridine rings is 1. The minimum Gasteiger partial charge on any atom is -0.396 e. The molecule has 0 saturated heterocycles. The van der Waals surface area contributed by atoms with Gasteiger partial charge in [-0.1, -0.05) is 63.2 Å². The van der Waals surface area contributed by atoms with Crippen molar-refractivity contribution in [2.75, 3.05) is 10.6 Å². The first kappa shape index (κ1) is 28.0. The van der Waals surface area contributed by atoms with Gasteiger partial charge in [-0.25, -0.2) is 4.39 Å². The van der Waals surface area contributed by atoms with E-state index in [9.17, 15) is 19.1 Å². The fourth-order valence-electron chi connectivity index (χ4n) is 5.24. The summed E-state index contributed by atoms with van der Waals surface area (Å²) in [6.07, 6.45) is 2.68. The Bertz CT molecular complexity index is 1570. The standard InChI is InChI=1S/C33H33FN4O3/c1-33(2,3)23-11-13-24(14-12-23)38(32(41)21-10-15-27(35)26(34)17-21)30(22-8-6-16-36-19-22)31(40)37-29-25-9-5-4-7-20(25)18-28(29)39/h4-17,19,28-30,39H,18,35H2,1-3H3,(H,37,40)/t28-,29+,30?/m0/s1. The number of amides is 2. The molecular formula is C33H33FN4O3. The molecule has 2 amide bonds. The van der Waals surface area contributed by atoms with Crippen molar-refractivity contribution in [3.63, 3.8) is 0 Å². The molecule has 41 heavy (non-hydrogen) atoms. The first-order valence-corrected chi connectivity index (χ1v) is 13.5. The number of rotatable bonds is 6. The molecule has 1 aliphatic rings. The van der Waals surface area contributed by atoms with Crippen LogP contribution in [0.5, 0.6) is 0 Å². The van der Waals surface area contributed by atoms with E-state index in [-0.39, 0.29) is 16.7 Å². The lowest BCUT2D eigenvalue weighted by Crippen LogP contribution is -2.46. The highest BCUT2D eigenvalue weighted by atomic mass is 19.1. The van der Waals surface area contributed by atoms with Crippen molar-refractivity contribution in [3.8, 4) is 0 Å². The quantitative estimate of drug-likeness (QED) is 0.283. The topological polar surface area (TPSA) is 109 Å². The number of aliphatic hydroxyl groups is 1. The van der Waals surface area contributed by atoms with E-state index in [1.807, 2.05) is 36.4 Å². The minimum absolute atomic E-state index is 0.0320. The molecule has 1 unspecified atom stereocenters. The predicted octanol–water partition coefficient (Wildman–Crippen LogP) is 5.26. The van der Waals surface area contributed by atoms with Crippen molar-refractivity contribution >= 4 is 23.2 Å². The van der Waals surface area contributed by atoms with Crippen molar-refractivity contribution < 1.29 is 19.1 Å². The van der Waals surface area contributed by atoms with Crippen LogP contribution in [0, 0.1) is 5.82 Å². The van der Waals surface area contributed by atoms with Gasteiger partial charge in [-0.05, 0) is 58.5 Å². The zero-order valence-electron chi connectivity index (χ0n) is 23.2. The van der Waals surface area contributed by atoms with Crippen molar-refractivity contribution in [1.82, 2.24) is 10.3 Å². The highest BCUT2D eigenvalue weighted by molar-refractivity contribution is 6.10. The molecular weight excluding hydrogens is 519 g/mol. The van der Waals surface area contributed by atoms with Crippen molar-refractivity contribution in [2.45, 2.75) is 50.8 Å². The number of fused-ring (bicyclic) bond motifs is 1. The monoisotopic (exact) mass is 552 g/mol. The Labute approximate surface area is 238 Å². The molecule has 5 rings (SSSR count). The molecule has 1 aliphatic carbocycles. The number of aliphatic hydroxyl groups excluding tert-OH is 1. The molecule has 0 bridgehead atoms. The van der Waals surface area contributed by atoms with Crippen molar-refractivity contribution in [1.29, 1.82) is 0 Å². The Morgan fingerprint density at radius 2 is 1.78 bits per heavy atom. The molecule has 210 valence electrons. The van der Waals surface area contributed by atoms with Crippen LogP contribution in [-0.2, 0) is 16.6 Å². The van der Waals surface area contributed by atoms with Crippen LogP contribution in [0.3, 0.4) is 0 Å². The van der Waals surface area contributed by atoms with Gasteiger partial charge in [0.25, 0.3) is 5.91 Å². The van der Waals surface area contributed by atoms with Gasteiger partial charge in [-0.3, -0.25) is 19.5 Å². The fourth-order valence-corrected chi connectivity index (χ4v) is 5.24. The van der Waals surface area contributed by atoms with E-state index < -0.39 is 35.8 Å². The van der Waals surface area contributed by atoms with Crippen molar-refractivity contribution in [3.05, 3.63) is 125 Å². The molecule has 4 aromatic rings. The number of aromatic nitrogens is 1. The van der Waals surface area contributed by atoms with Gasteiger partial charge < -0.3 is 16.2 Å². The van der Waals surface area contributed by atoms with E-state index >= 15 is 0 Å². The summed E-state index contributed by atoms with van der Waals surface area (Å²) in [4.78, 5) is 33.9. The van der Waals surface area contributed by atoms with Gasteiger partial charge in [0, 0.05) is 35.6 Å². The fraction of sp³-hybridized carbons (Fsp3) is 0.242. The van der Waals surface area contributed by atoms with Crippen LogP contribution in [0.25, 0.3) is 0 Å². The molecule has 0 radical (unpaired) electrons. The molecule has 0 saturated carbocycles. The Balaban J connectivity index is 1.62. The lowest BCUT2D eigenvalue weighted by Gasteiger charge is -2.33. The van der Waals surface area contributed by atoms with Gasteiger partial charge in [0.05, 0.1) is 17.8 Å². The van der Waals surface area contributed by atoms with E-state index in [1.165, 1.54) is 23.2 Å². The number of nitrogen functional groups attached to an aromatic ring is 1. The molecule has 8 heteroatoms. The van der Waals surface area contributed by atoms with Crippen LogP contribution in [0.15, 0.2) is 91.3 Å². The van der Waals surface area contributed by atoms with Gasteiger partial charge >= 0.3 is 0 Å². The zero-order chi connectivity index (χ0) is 29.3. The summed E-state index contributed by atoms with van der Waals surface area (Å²) < 4.78 is 14.5. The number of anilines is 2.